The molecule has 114 valence electrons. The Morgan fingerprint density at radius 3 is 2.59 bits per heavy atom. The van der Waals surface area contributed by atoms with Crippen LogP contribution in [0.4, 0.5) is 0 Å². The minimum Gasteiger partial charge on any atom is -0.475 e. The highest BCUT2D eigenvalue weighted by atomic mass is 16.5. The van der Waals surface area contributed by atoms with E-state index in [1.807, 2.05) is 31.3 Å². The summed E-state index contributed by atoms with van der Waals surface area (Å²) in [6.07, 6.45) is 2.06. The second kappa shape index (κ2) is 6.20. The highest BCUT2D eigenvalue weighted by molar-refractivity contribution is 5.90. The van der Waals surface area contributed by atoms with Gasteiger partial charge < -0.3 is 9.47 Å². The van der Waals surface area contributed by atoms with Crippen LogP contribution in [0.15, 0.2) is 42.5 Å². The lowest BCUT2D eigenvalue weighted by Crippen LogP contribution is -2.34. The normalized spacial score (nSPS) is 16.5. The number of esters is 1. The summed E-state index contributed by atoms with van der Waals surface area (Å²) in [4.78, 5) is 11.5. The zero-order valence-electron chi connectivity index (χ0n) is 12.8. The number of hydrogen-bond acceptors (Lipinski definition) is 4. The summed E-state index contributed by atoms with van der Waals surface area (Å²) < 4.78 is 10.6. The van der Waals surface area contributed by atoms with Crippen molar-refractivity contribution in [1.29, 1.82) is 0 Å². The van der Waals surface area contributed by atoms with Gasteiger partial charge in [-0.15, -0.1) is 0 Å². The fraction of sp³-hybridized carbons (Fsp3) is 0.278. The van der Waals surface area contributed by atoms with Gasteiger partial charge in [-0.3, -0.25) is 5.32 Å². The third kappa shape index (κ3) is 2.83. The van der Waals surface area contributed by atoms with Gasteiger partial charge in [-0.25, -0.2) is 4.79 Å². The summed E-state index contributed by atoms with van der Waals surface area (Å²) in [5.41, 5.74) is 3.98. The molecular formula is C18H19NO3. The van der Waals surface area contributed by atoms with E-state index in [1.165, 1.54) is 12.7 Å². The van der Waals surface area contributed by atoms with Gasteiger partial charge in [0.15, 0.2) is 0 Å². The molecule has 1 atom stereocenters. The van der Waals surface area contributed by atoms with Crippen LogP contribution < -0.4 is 10.1 Å². The molecule has 0 bridgehead atoms. The lowest BCUT2D eigenvalue weighted by atomic mass is 9.97. The second-order valence-electron chi connectivity index (χ2n) is 5.33. The van der Waals surface area contributed by atoms with Gasteiger partial charge in [0.2, 0.25) is 0 Å². The molecule has 3 rings (SSSR count). The Kier molecular flexibility index (Phi) is 4.11. The first-order valence-corrected chi connectivity index (χ1v) is 7.37. The van der Waals surface area contributed by atoms with Gasteiger partial charge in [-0.1, -0.05) is 18.2 Å². The monoisotopic (exact) mass is 297 g/mol. The van der Waals surface area contributed by atoms with Crippen LogP contribution in [0, 0.1) is 0 Å². The standard InChI is InChI=1S/C18H19NO3/c1-19-17-10-8-15-11-14(7-9-16(15)22-17)12-3-5-13(6-4-12)18(20)21-2/h3-7,9,11,17,19H,8,10H2,1-2H3. The van der Waals surface area contributed by atoms with Crippen LogP contribution in [-0.4, -0.2) is 26.4 Å². The van der Waals surface area contributed by atoms with E-state index in [0.717, 1.165) is 29.7 Å². The minimum atomic E-state index is -0.316. The molecule has 0 amide bonds. The van der Waals surface area contributed by atoms with E-state index >= 15 is 0 Å². The maximum absolute atomic E-state index is 11.5. The van der Waals surface area contributed by atoms with Gasteiger partial charge in [-0.05, 0) is 54.4 Å². The van der Waals surface area contributed by atoms with E-state index in [4.69, 9.17) is 9.47 Å². The number of carbonyl (C=O) groups is 1. The Labute approximate surface area is 130 Å². The van der Waals surface area contributed by atoms with Crippen LogP contribution in [0.5, 0.6) is 5.75 Å². The van der Waals surface area contributed by atoms with Crippen LogP contribution in [0.1, 0.15) is 22.3 Å². The molecule has 2 aromatic carbocycles. The van der Waals surface area contributed by atoms with Gasteiger partial charge in [-0.2, -0.15) is 0 Å². The zero-order valence-corrected chi connectivity index (χ0v) is 12.8. The number of rotatable bonds is 3. The number of aryl methyl sites for hydroxylation is 1. The molecule has 0 spiro atoms. The quantitative estimate of drug-likeness (QED) is 0.885. The Morgan fingerprint density at radius 2 is 1.91 bits per heavy atom. The van der Waals surface area contributed by atoms with Crippen molar-refractivity contribution >= 4 is 5.97 Å². The number of nitrogens with one attached hydrogen (secondary N) is 1. The highest BCUT2D eigenvalue weighted by Crippen LogP contribution is 2.31. The lowest BCUT2D eigenvalue weighted by molar-refractivity contribution is 0.0601. The molecule has 22 heavy (non-hydrogen) atoms. The van der Waals surface area contributed by atoms with Crippen molar-refractivity contribution in [1.82, 2.24) is 5.32 Å². The van der Waals surface area contributed by atoms with Crippen molar-refractivity contribution in [2.75, 3.05) is 14.2 Å². The minimum absolute atomic E-state index is 0.0951. The van der Waals surface area contributed by atoms with Crippen molar-refractivity contribution in [2.24, 2.45) is 0 Å². The summed E-state index contributed by atoms with van der Waals surface area (Å²) in [5, 5.41) is 3.15. The maximum Gasteiger partial charge on any atom is 0.337 e. The molecule has 0 aromatic heterocycles. The Morgan fingerprint density at radius 1 is 1.18 bits per heavy atom. The molecule has 1 unspecified atom stereocenters. The van der Waals surface area contributed by atoms with Crippen molar-refractivity contribution in [3.8, 4) is 16.9 Å². The molecular weight excluding hydrogens is 278 g/mol. The van der Waals surface area contributed by atoms with Gasteiger partial charge in [0.25, 0.3) is 0 Å². The van der Waals surface area contributed by atoms with Crippen LogP contribution in [0.2, 0.25) is 0 Å². The molecule has 0 saturated heterocycles. The molecule has 0 aliphatic carbocycles. The van der Waals surface area contributed by atoms with Crippen LogP contribution >= 0.6 is 0 Å². The summed E-state index contributed by atoms with van der Waals surface area (Å²) in [7, 11) is 3.30. The molecule has 0 saturated carbocycles. The zero-order chi connectivity index (χ0) is 15.5. The van der Waals surface area contributed by atoms with E-state index in [2.05, 4.69) is 11.4 Å². The van der Waals surface area contributed by atoms with Crippen molar-refractivity contribution < 1.29 is 14.3 Å². The summed E-state index contributed by atoms with van der Waals surface area (Å²) in [5.74, 6) is 0.629. The highest BCUT2D eigenvalue weighted by Gasteiger charge is 2.18. The number of methoxy groups -OCH3 is 1. The maximum atomic E-state index is 11.5. The summed E-state index contributed by atoms with van der Waals surface area (Å²) in [6, 6.07) is 13.7. The van der Waals surface area contributed by atoms with Crippen molar-refractivity contribution in [2.45, 2.75) is 19.1 Å². The van der Waals surface area contributed by atoms with E-state index in [-0.39, 0.29) is 12.2 Å². The summed E-state index contributed by atoms with van der Waals surface area (Å²) in [6.45, 7) is 0. The number of ether oxygens (including phenoxy) is 2. The van der Waals surface area contributed by atoms with Crippen LogP contribution in [0.3, 0.4) is 0 Å². The van der Waals surface area contributed by atoms with Gasteiger partial charge in [0.1, 0.15) is 12.0 Å². The van der Waals surface area contributed by atoms with Gasteiger partial charge in [0.05, 0.1) is 12.7 Å². The Balaban J connectivity index is 1.85. The molecule has 0 fully saturated rings. The molecule has 0 radical (unpaired) electrons. The second-order valence-corrected chi connectivity index (χ2v) is 5.33. The van der Waals surface area contributed by atoms with E-state index in [1.54, 1.807) is 12.1 Å². The van der Waals surface area contributed by atoms with Gasteiger partial charge >= 0.3 is 5.97 Å². The number of benzene rings is 2. The number of hydrogen-bond donors (Lipinski definition) is 1. The number of carbonyl (C=O) groups excluding carboxylic acids is 1. The third-order valence-electron chi connectivity index (χ3n) is 3.97. The van der Waals surface area contributed by atoms with E-state index < -0.39 is 0 Å². The molecule has 1 heterocycles. The molecule has 1 aliphatic heterocycles. The molecule has 1 aliphatic rings. The van der Waals surface area contributed by atoms with E-state index in [0.29, 0.717) is 5.56 Å². The summed E-state index contributed by atoms with van der Waals surface area (Å²) >= 11 is 0. The Bertz CT molecular complexity index is 679. The fourth-order valence-corrected chi connectivity index (χ4v) is 2.69. The topological polar surface area (TPSA) is 47.6 Å². The average Bonchev–Trinajstić information content (AvgIpc) is 2.60. The molecule has 4 heteroatoms. The number of fused-ring (bicyclic) bond motifs is 1. The Hall–Kier alpha value is -2.33. The lowest BCUT2D eigenvalue weighted by Gasteiger charge is -2.26. The van der Waals surface area contributed by atoms with Crippen molar-refractivity contribution in [3.05, 3.63) is 53.6 Å². The largest absolute Gasteiger partial charge is 0.475 e. The molecule has 4 nitrogen and oxygen atoms in total. The average molecular weight is 297 g/mol. The third-order valence-corrected chi connectivity index (χ3v) is 3.97. The smallest absolute Gasteiger partial charge is 0.337 e. The van der Waals surface area contributed by atoms with Crippen LogP contribution in [0.25, 0.3) is 11.1 Å². The fourth-order valence-electron chi connectivity index (χ4n) is 2.69. The van der Waals surface area contributed by atoms with Gasteiger partial charge in [0, 0.05) is 6.42 Å². The first kappa shape index (κ1) is 14.6. The molecule has 1 N–H and O–H groups in total. The first-order chi connectivity index (χ1) is 10.7. The van der Waals surface area contributed by atoms with E-state index in [9.17, 15) is 4.79 Å². The predicted octanol–water partition coefficient (Wildman–Crippen LogP) is 3.01. The van der Waals surface area contributed by atoms with Crippen LogP contribution in [-0.2, 0) is 11.2 Å². The molecule has 2 aromatic rings. The predicted molar refractivity (Wildman–Crippen MR) is 85.0 cm³/mol. The van der Waals surface area contributed by atoms with Crippen molar-refractivity contribution in [3.63, 3.8) is 0 Å². The SMILES string of the molecule is CNC1CCc2cc(-c3ccc(C(=O)OC)cc3)ccc2O1. The first-order valence-electron chi connectivity index (χ1n) is 7.37.